The van der Waals surface area contributed by atoms with E-state index in [1.807, 2.05) is 39.8 Å². The van der Waals surface area contributed by atoms with Crippen LogP contribution in [0.25, 0.3) is 0 Å². The van der Waals surface area contributed by atoms with Crippen LogP contribution in [0.5, 0.6) is 0 Å². The summed E-state index contributed by atoms with van der Waals surface area (Å²) in [5.74, 6) is -0.613. The summed E-state index contributed by atoms with van der Waals surface area (Å²) in [6.45, 7) is 12.2. The van der Waals surface area contributed by atoms with Gasteiger partial charge in [-0.1, -0.05) is 52.0 Å². The van der Waals surface area contributed by atoms with Crippen molar-refractivity contribution in [3.05, 3.63) is 35.4 Å². The summed E-state index contributed by atoms with van der Waals surface area (Å²) in [6, 6.07) is 5.51. The number of esters is 1. The van der Waals surface area contributed by atoms with Crippen molar-refractivity contribution in [2.75, 3.05) is 20.3 Å². The second kappa shape index (κ2) is 11.7. The molecule has 0 bridgehead atoms. The Bertz CT molecular complexity index is 1110. The van der Waals surface area contributed by atoms with Gasteiger partial charge in [-0.25, -0.2) is 14.4 Å². The van der Waals surface area contributed by atoms with Gasteiger partial charge in [0, 0.05) is 18.5 Å². The predicted octanol–water partition coefficient (Wildman–Crippen LogP) is 2.88. The van der Waals surface area contributed by atoms with Gasteiger partial charge in [0.05, 0.1) is 13.2 Å². The van der Waals surface area contributed by atoms with Gasteiger partial charge in [0.25, 0.3) is 0 Å². The number of nitrogens with one attached hydrogen (secondary N) is 3. The average molecular weight is 557 g/mol. The summed E-state index contributed by atoms with van der Waals surface area (Å²) in [5, 5.41) is 8.53. The molecule has 3 aliphatic rings. The van der Waals surface area contributed by atoms with Gasteiger partial charge in [-0.05, 0) is 61.0 Å². The second-order valence-electron chi connectivity index (χ2n) is 12.7. The van der Waals surface area contributed by atoms with Crippen LogP contribution in [-0.4, -0.2) is 73.3 Å². The van der Waals surface area contributed by atoms with Crippen LogP contribution in [-0.2, 0) is 31.9 Å². The molecule has 0 spiro atoms. The van der Waals surface area contributed by atoms with Crippen LogP contribution in [0.15, 0.2) is 24.3 Å². The van der Waals surface area contributed by atoms with E-state index >= 15 is 0 Å². The molecule has 0 unspecified atom stereocenters. The van der Waals surface area contributed by atoms with Gasteiger partial charge in [-0.15, -0.1) is 0 Å². The molecule has 4 amide bonds. The van der Waals surface area contributed by atoms with E-state index in [-0.39, 0.29) is 47.6 Å². The fraction of sp³-hybridized carbons (Fsp3) is 0.667. The van der Waals surface area contributed by atoms with Gasteiger partial charge in [-0.3, -0.25) is 4.79 Å². The first-order valence-electron chi connectivity index (χ1n) is 14.3. The van der Waals surface area contributed by atoms with E-state index in [1.54, 1.807) is 4.90 Å². The number of ether oxygens (including phenoxy) is 2. The molecule has 10 nitrogen and oxygen atoms in total. The number of methoxy groups -OCH3 is 1. The maximum Gasteiger partial charge on any atom is 0.407 e. The molecule has 3 N–H and O–H groups in total. The SMILES string of the molecule is COC(=O)[C@@H]1[C@@H]2[C@H](CN1C(=O)[C@@H](NC(=O)N[C@H](COC(=O)NC(C)C)C(C)C)C1Cc3ccccc3C1)C2(C)C. The van der Waals surface area contributed by atoms with Gasteiger partial charge in [-0.2, -0.15) is 0 Å². The molecule has 0 aromatic heterocycles. The van der Waals surface area contributed by atoms with Gasteiger partial charge in [0.15, 0.2) is 0 Å². The normalized spacial score (nSPS) is 24.1. The Balaban J connectivity index is 1.51. The van der Waals surface area contributed by atoms with E-state index in [0.29, 0.717) is 19.4 Å². The third-order valence-electron chi connectivity index (χ3n) is 8.96. The molecule has 1 aliphatic heterocycles. The number of carbonyl (C=O) groups is 4. The number of piperidine rings is 1. The summed E-state index contributed by atoms with van der Waals surface area (Å²) in [4.78, 5) is 54.0. The largest absolute Gasteiger partial charge is 0.467 e. The maximum absolute atomic E-state index is 14.2. The Morgan fingerprint density at radius 1 is 1.00 bits per heavy atom. The Morgan fingerprint density at radius 3 is 2.17 bits per heavy atom. The molecular weight excluding hydrogens is 512 g/mol. The molecule has 2 aliphatic carbocycles. The first-order valence-corrected chi connectivity index (χ1v) is 14.3. The Kier molecular flexibility index (Phi) is 8.66. The van der Waals surface area contributed by atoms with E-state index in [9.17, 15) is 19.2 Å². The van der Waals surface area contributed by atoms with Crippen molar-refractivity contribution in [1.29, 1.82) is 0 Å². The van der Waals surface area contributed by atoms with Crippen LogP contribution in [0, 0.1) is 29.1 Å². The molecule has 1 aromatic rings. The predicted molar refractivity (Wildman–Crippen MR) is 149 cm³/mol. The number of carbonyl (C=O) groups excluding carboxylic acids is 4. The third kappa shape index (κ3) is 6.05. The lowest BCUT2D eigenvalue weighted by Crippen LogP contribution is -2.59. The lowest BCUT2D eigenvalue weighted by atomic mass is 9.93. The average Bonchev–Trinajstić information content (AvgIpc) is 3.27. The number of hydrogen-bond donors (Lipinski definition) is 3. The Morgan fingerprint density at radius 2 is 1.62 bits per heavy atom. The van der Waals surface area contributed by atoms with Gasteiger partial charge in [0.2, 0.25) is 5.91 Å². The highest BCUT2D eigenvalue weighted by Gasteiger charge is 2.70. The Hall–Kier alpha value is -3.30. The number of alkyl carbamates (subject to hydrolysis) is 1. The Labute approximate surface area is 236 Å². The van der Waals surface area contributed by atoms with Crippen molar-refractivity contribution in [3.8, 4) is 0 Å². The van der Waals surface area contributed by atoms with Crippen molar-refractivity contribution >= 4 is 24.0 Å². The van der Waals surface area contributed by atoms with Crippen LogP contribution in [0.4, 0.5) is 9.59 Å². The number of nitrogens with zero attached hydrogens (tertiary/aromatic N) is 1. The minimum absolute atomic E-state index is 0.00783. The molecule has 40 heavy (non-hydrogen) atoms. The number of urea groups is 1. The highest BCUT2D eigenvalue weighted by Crippen LogP contribution is 2.65. The summed E-state index contributed by atoms with van der Waals surface area (Å²) in [7, 11) is 1.35. The molecule has 5 atom stereocenters. The summed E-state index contributed by atoms with van der Waals surface area (Å²) < 4.78 is 10.4. The lowest BCUT2D eigenvalue weighted by Gasteiger charge is -2.34. The molecule has 4 rings (SSSR count). The van der Waals surface area contributed by atoms with E-state index in [1.165, 1.54) is 7.11 Å². The van der Waals surface area contributed by atoms with E-state index < -0.39 is 36.2 Å². The molecule has 1 saturated heterocycles. The van der Waals surface area contributed by atoms with Crippen molar-refractivity contribution in [2.24, 2.45) is 29.1 Å². The maximum atomic E-state index is 14.2. The fourth-order valence-corrected chi connectivity index (χ4v) is 6.49. The van der Waals surface area contributed by atoms with Gasteiger partial charge < -0.3 is 30.3 Å². The summed E-state index contributed by atoms with van der Waals surface area (Å²) in [5.41, 5.74) is 2.28. The van der Waals surface area contributed by atoms with Crippen LogP contribution in [0.1, 0.15) is 52.7 Å². The van der Waals surface area contributed by atoms with Crippen molar-refractivity contribution < 1.29 is 28.7 Å². The number of fused-ring (bicyclic) bond motifs is 2. The molecule has 1 saturated carbocycles. The summed E-state index contributed by atoms with van der Waals surface area (Å²) in [6.07, 6.45) is 0.742. The second-order valence-corrected chi connectivity index (χ2v) is 12.7. The van der Waals surface area contributed by atoms with Gasteiger partial charge >= 0.3 is 18.1 Å². The van der Waals surface area contributed by atoms with Crippen LogP contribution >= 0.6 is 0 Å². The van der Waals surface area contributed by atoms with E-state index in [2.05, 4.69) is 41.9 Å². The molecule has 1 heterocycles. The molecule has 10 heteroatoms. The molecule has 2 fully saturated rings. The fourth-order valence-electron chi connectivity index (χ4n) is 6.49. The van der Waals surface area contributed by atoms with E-state index in [0.717, 1.165) is 11.1 Å². The number of benzene rings is 1. The van der Waals surface area contributed by atoms with Crippen molar-refractivity contribution in [2.45, 2.75) is 78.6 Å². The standard InChI is InChI=1S/C30H44N4O6/c1-16(2)22(15-40-29(38)31-17(3)4)32-28(37)33-24(20-12-18-10-8-9-11-19(18)13-20)26(35)34-14-21-23(30(21,5)6)25(34)27(36)39-7/h8-11,16-17,20-25H,12-15H2,1-7H3,(H,31,38)(H2,32,33,37)/t21-,22+,23-,24-,25-/m0/s1. The van der Waals surface area contributed by atoms with Crippen molar-refractivity contribution in [1.82, 2.24) is 20.9 Å². The zero-order valence-electron chi connectivity index (χ0n) is 24.7. The molecule has 220 valence electrons. The quantitative estimate of drug-likeness (QED) is 0.402. The topological polar surface area (TPSA) is 126 Å². The minimum atomic E-state index is -0.835. The lowest BCUT2D eigenvalue weighted by molar-refractivity contribution is -0.154. The van der Waals surface area contributed by atoms with Crippen LogP contribution < -0.4 is 16.0 Å². The third-order valence-corrected chi connectivity index (χ3v) is 8.96. The number of amides is 4. The highest BCUT2D eigenvalue weighted by molar-refractivity contribution is 5.92. The van der Waals surface area contributed by atoms with Crippen LogP contribution in [0.2, 0.25) is 0 Å². The zero-order valence-corrected chi connectivity index (χ0v) is 24.7. The zero-order chi connectivity index (χ0) is 29.4. The van der Waals surface area contributed by atoms with E-state index in [4.69, 9.17) is 9.47 Å². The number of rotatable bonds is 9. The van der Waals surface area contributed by atoms with Crippen molar-refractivity contribution in [3.63, 3.8) is 0 Å². The minimum Gasteiger partial charge on any atom is -0.467 e. The molecular formula is C30H44N4O6. The molecule has 0 radical (unpaired) electrons. The monoisotopic (exact) mass is 556 g/mol. The number of hydrogen-bond acceptors (Lipinski definition) is 6. The molecule has 1 aromatic carbocycles. The number of likely N-dealkylation sites (tertiary alicyclic amines) is 1. The van der Waals surface area contributed by atoms with Crippen LogP contribution in [0.3, 0.4) is 0 Å². The first kappa shape index (κ1) is 29.7. The summed E-state index contributed by atoms with van der Waals surface area (Å²) >= 11 is 0. The highest BCUT2D eigenvalue weighted by atomic mass is 16.5. The van der Waals surface area contributed by atoms with Gasteiger partial charge in [0.1, 0.15) is 18.7 Å². The first-order chi connectivity index (χ1) is 18.8. The smallest absolute Gasteiger partial charge is 0.407 e.